The number of rotatable bonds is 19. The minimum atomic E-state index is -0.815. The van der Waals surface area contributed by atoms with Crippen LogP contribution in [0.25, 0.3) is 0 Å². The van der Waals surface area contributed by atoms with Crippen LogP contribution < -0.4 is 16.1 Å². The highest BCUT2D eigenvalue weighted by Gasteiger charge is 2.27. The third-order valence-electron chi connectivity index (χ3n) is 5.54. The van der Waals surface area contributed by atoms with Crippen LogP contribution in [-0.4, -0.2) is 59.2 Å². The van der Waals surface area contributed by atoms with Gasteiger partial charge in [0.2, 0.25) is 5.91 Å². The molecule has 0 bridgehead atoms. The largest absolute Gasteiger partial charge is 0.444 e. The molecule has 0 aliphatic rings. The van der Waals surface area contributed by atoms with Gasteiger partial charge in [-0.15, -0.1) is 0 Å². The fraction of sp³-hybridized carbons (Fsp3) is 0.880. The second kappa shape index (κ2) is 19.6. The minimum absolute atomic E-state index is 0.134. The average molecular weight is 515 g/mol. The van der Waals surface area contributed by atoms with Crippen molar-refractivity contribution >= 4 is 18.0 Å². The zero-order chi connectivity index (χ0) is 27.4. The van der Waals surface area contributed by atoms with E-state index in [9.17, 15) is 19.7 Å². The molecule has 1 unspecified atom stereocenters. The molecular weight excluding hydrogens is 464 g/mol. The molecule has 1 atom stereocenters. The number of nitrogens with one attached hydrogen (secondary N) is 4. The first-order valence-corrected chi connectivity index (χ1v) is 13.5. The summed E-state index contributed by atoms with van der Waals surface area (Å²) in [5.74, 6) is -0.561. The molecule has 11 nitrogen and oxygen atoms in total. The van der Waals surface area contributed by atoms with E-state index in [2.05, 4.69) is 24.5 Å². The minimum Gasteiger partial charge on any atom is -0.444 e. The first-order valence-electron chi connectivity index (χ1n) is 13.5. The van der Waals surface area contributed by atoms with Crippen molar-refractivity contribution in [3.8, 4) is 0 Å². The van der Waals surface area contributed by atoms with Crippen LogP contribution in [0.1, 0.15) is 112 Å². The van der Waals surface area contributed by atoms with Gasteiger partial charge in [-0.05, 0) is 46.5 Å². The standard InChI is InChI=1S/C25H50N6O5/c1-6-8-10-12-14-19-30(20-15-13-11-9-7-2)22(32)21(28-24(33)36-25(3,4)5)17-16-18-27-23(26)29-31(34)35/h21H,6-20H2,1-5H3,(H,28,33)(H3,26,27,29). The average Bonchev–Trinajstić information content (AvgIpc) is 2.77. The van der Waals surface area contributed by atoms with E-state index in [0.29, 0.717) is 25.9 Å². The third-order valence-corrected chi connectivity index (χ3v) is 5.54. The molecule has 0 aromatic rings. The summed E-state index contributed by atoms with van der Waals surface area (Å²) in [6, 6.07) is -0.773. The Labute approximate surface area is 217 Å². The third kappa shape index (κ3) is 18.7. The van der Waals surface area contributed by atoms with Crippen LogP contribution >= 0.6 is 0 Å². The molecule has 2 amide bonds. The maximum absolute atomic E-state index is 13.5. The Hall–Kier alpha value is -2.59. The van der Waals surface area contributed by atoms with Gasteiger partial charge in [0.05, 0.1) is 0 Å². The van der Waals surface area contributed by atoms with E-state index in [1.165, 1.54) is 12.8 Å². The van der Waals surface area contributed by atoms with Gasteiger partial charge < -0.3 is 20.3 Å². The number of ether oxygens (including phenoxy) is 1. The number of carbonyl (C=O) groups is 2. The summed E-state index contributed by atoms with van der Waals surface area (Å²) in [5.41, 5.74) is 1.04. The lowest BCUT2D eigenvalue weighted by atomic mass is 10.1. The normalized spacial score (nSPS) is 11.9. The molecule has 0 saturated heterocycles. The SMILES string of the molecule is CCCCCCCN(CCCCCCC)C(=O)C(CCCNC(=N)N[N+](=O)[O-])NC(=O)OC(C)(C)C. The van der Waals surface area contributed by atoms with Crippen molar-refractivity contribution in [1.82, 2.24) is 21.0 Å². The van der Waals surface area contributed by atoms with Gasteiger partial charge >= 0.3 is 6.09 Å². The number of amides is 2. The summed E-state index contributed by atoms with van der Waals surface area (Å²) in [5, 5.41) is 22.5. The number of hydrogen-bond donors (Lipinski definition) is 4. The Morgan fingerprint density at radius 2 is 1.47 bits per heavy atom. The predicted octanol–water partition coefficient (Wildman–Crippen LogP) is 4.73. The van der Waals surface area contributed by atoms with Crippen molar-refractivity contribution in [2.75, 3.05) is 19.6 Å². The molecule has 0 aromatic heterocycles. The van der Waals surface area contributed by atoms with Gasteiger partial charge in [-0.3, -0.25) is 10.2 Å². The highest BCUT2D eigenvalue weighted by atomic mass is 16.7. The molecule has 0 aliphatic heterocycles. The first-order chi connectivity index (χ1) is 17.0. The molecule has 0 radical (unpaired) electrons. The van der Waals surface area contributed by atoms with Gasteiger partial charge in [0.25, 0.3) is 5.96 Å². The lowest BCUT2D eigenvalue weighted by molar-refractivity contribution is -0.525. The Kier molecular flexibility index (Phi) is 18.2. The number of hydrazine groups is 1. The van der Waals surface area contributed by atoms with Crippen molar-refractivity contribution in [2.24, 2.45) is 0 Å². The number of nitro groups is 1. The Bertz CT molecular complexity index is 639. The zero-order valence-corrected chi connectivity index (χ0v) is 23.1. The molecule has 0 rings (SSSR count). The number of carbonyl (C=O) groups excluding carboxylic acids is 2. The van der Waals surface area contributed by atoms with E-state index in [1.54, 1.807) is 26.2 Å². The van der Waals surface area contributed by atoms with Gasteiger partial charge in [0, 0.05) is 19.6 Å². The van der Waals surface area contributed by atoms with Gasteiger partial charge in [-0.1, -0.05) is 70.6 Å². The quantitative estimate of drug-likeness (QED) is 0.0639. The second-order valence-electron chi connectivity index (χ2n) is 10.2. The van der Waals surface area contributed by atoms with Gasteiger partial charge in [0.15, 0.2) is 5.03 Å². The number of nitrogens with zero attached hydrogens (tertiary/aromatic N) is 2. The molecule has 4 N–H and O–H groups in total. The molecule has 210 valence electrons. The Morgan fingerprint density at radius 1 is 0.944 bits per heavy atom. The van der Waals surface area contributed by atoms with Crippen LogP contribution in [-0.2, 0) is 9.53 Å². The van der Waals surface area contributed by atoms with Crippen molar-refractivity contribution in [3.05, 3.63) is 10.1 Å². The summed E-state index contributed by atoms with van der Waals surface area (Å²) < 4.78 is 5.38. The molecule has 0 saturated carbocycles. The van der Waals surface area contributed by atoms with Gasteiger partial charge in [0.1, 0.15) is 11.6 Å². The topological polar surface area (TPSA) is 150 Å². The molecule has 0 fully saturated rings. The summed E-state index contributed by atoms with van der Waals surface area (Å²) >= 11 is 0. The molecule has 0 aromatic carbocycles. The smallest absolute Gasteiger partial charge is 0.408 e. The molecule has 0 spiro atoms. The first kappa shape index (κ1) is 33.4. The van der Waals surface area contributed by atoms with Gasteiger partial charge in [-0.2, -0.15) is 0 Å². The second-order valence-corrected chi connectivity index (χ2v) is 10.2. The fourth-order valence-electron chi connectivity index (χ4n) is 3.72. The van der Waals surface area contributed by atoms with Crippen molar-refractivity contribution in [2.45, 2.75) is 123 Å². The molecule has 0 heterocycles. The highest BCUT2D eigenvalue weighted by Crippen LogP contribution is 2.12. The number of guanidine groups is 1. The molecule has 0 aliphatic carbocycles. The number of hydrogen-bond acceptors (Lipinski definition) is 6. The Balaban J connectivity index is 5.21. The molecular formula is C25H50N6O5. The fourth-order valence-corrected chi connectivity index (χ4v) is 3.72. The van der Waals surface area contributed by atoms with Crippen LogP contribution in [0.15, 0.2) is 0 Å². The summed E-state index contributed by atoms with van der Waals surface area (Å²) in [4.78, 5) is 38.3. The lowest BCUT2D eigenvalue weighted by Crippen LogP contribution is -2.50. The predicted molar refractivity (Wildman–Crippen MR) is 142 cm³/mol. The van der Waals surface area contributed by atoms with Crippen LogP contribution in [0.3, 0.4) is 0 Å². The highest BCUT2D eigenvalue weighted by molar-refractivity contribution is 5.85. The van der Waals surface area contributed by atoms with Crippen molar-refractivity contribution in [3.63, 3.8) is 0 Å². The van der Waals surface area contributed by atoms with E-state index in [-0.39, 0.29) is 12.5 Å². The molecule has 11 heteroatoms. The van der Waals surface area contributed by atoms with E-state index in [4.69, 9.17) is 10.1 Å². The van der Waals surface area contributed by atoms with Crippen molar-refractivity contribution in [1.29, 1.82) is 5.41 Å². The van der Waals surface area contributed by atoms with Gasteiger partial charge in [-0.25, -0.2) is 14.9 Å². The number of alkyl carbamates (subject to hydrolysis) is 1. The maximum Gasteiger partial charge on any atom is 0.408 e. The maximum atomic E-state index is 13.5. The van der Waals surface area contributed by atoms with E-state index < -0.39 is 28.7 Å². The van der Waals surface area contributed by atoms with E-state index in [1.807, 2.05) is 4.90 Å². The molecule has 36 heavy (non-hydrogen) atoms. The Morgan fingerprint density at radius 3 is 1.94 bits per heavy atom. The number of unbranched alkanes of at least 4 members (excludes halogenated alkanes) is 8. The van der Waals surface area contributed by atoms with E-state index >= 15 is 0 Å². The van der Waals surface area contributed by atoms with E-state index in [0.717, 1.165) is 51.4 Å². The summed E-state index contributed by atoms with van der Waals surface area (Å²) in [6.07, 6.45) is 11.0. The summed E-state index contributed by atoms with van der Waals surface area (Å²) in [6.45, 7) is 11.2. The monoisotopic (exact) mass is 514 g/mol. The van der Waals surface area contributed by atoms with Crippen molar-refractivity contribution < 1.29 is 19.4 Å². The van der Waals surface area contributed by atoms with Crippen LogP contribution in [0.4, 0.5) is 4.79 Å². The van der Waals surface area contributed by atoms with Crippen LogP contribution in [0.2, 0.25) is 0 Å². The summed E-state index contributed by atoms with van der Waals surface area (Å²) in [7, 11) is 0. The zero-order valence-electron chi connectivity index (χ0n) is 23.1. The van der Waals surface area contributed by atoms with Crippen LogP contribution in [0.5, 0.6) is 0 Å². The lowest BCUT2D eigenvalue weighted by Gasteiger charge is -2.29. The van der Waals surface area contributed by atoms with Crippen LogP contribution in [0, 0.1) is 15.5 Å².